The summed E-state index contributed by atoms with van der Waals surface area (Å²) in [5.74, 6) is 1.63. The number of aromatic nitrogens is 2. The Morgan fingerprint density at radius 2 is 2.04 bits per heavy atom. The van der Waals surface area contributed by atoms with Crippen molar-refractivity contribution in [3.8, 4) is 0 Å². The molecule has 1 heterocycles. The van der Waals surface area contributed by atoms with Gasteiger partial charge in [0, 0.05) is 23.0 Å². The van der Waals surface area contributed by atoms with Gasteiger partial charge in [-0.1, -0.05) is 23.2 Å². The lowest BCUT2D eigenvalue weighted by atomic mass is 10.2. The van der Waals surface area contributed by atoms with E-state index in [1.807, 2.05) is 13.0 Å². The third kappa shape index (κ3) is 4.25. The van der Waals surface area contributed by atoms with E-state index in [4.69, 9.17) is 23.2 Å². The first-order chi connectivity index (χ1) is 11.0. The van der Waals surface area contributed by atoms with Gasteiger partial charge in [0.2, 0.25) is 5.95 Å². The Kier molecular flexibility index (Phi) is 4.90. The van der Waals surface area contributed by atoms with Crippen molar-refractivity contribution in [3.63, 3.8) is 0 Å². The smallest absolute Gasteiger partial charge is 0.225 e. The predicted molar refractivity (Wildman–Crippen MR) is 93.9 cm³/mol. The minimum Gasteiger partial charge on any atom is -0.394 e. The molecular formula is C16H18Cl2N4O. The van der Waals surface area contributed by atoms with Gasteiger partial charge in [0.05, 0.1) is 23.0 Å². The number of aliphatic hydroxyl groups excluding tert-OH is 1. The van der Waals surface area contributed by atoms with E-state index in [0.29, 0.717) is 33.4 Å². The van der Waals surface area contributed by atoms with Gasteiger partial charge >= 0.3 is 0 Å². The lowest BCUT2D eigenvalue weighted by Crippen LogP contribution is -2.21. The molecule has 2 aromatic rings. The molecule has 0 bridgehead atoms. The fourth-order valence-corrected chi connectivity index (χ4v) is 2.52. The van der Waals surface area contributed by atoms with Gasteiger partial charge in [0.15, 0.2) is 0 Å². The standard InChI is InChI=1S/C16H18Cl2N4O/c1-9(8-23)19-16-21-13(10-2-3-10)7-15(22-16)20-14-6-11(17)4-5-12(14)18/h4-7,9-10,23H,2-3,8H2,1H3,(H2,19,20,21,22)/t9-/m0/s1. The number of hydrogen-bond acceptors (Lipinski definition) is 5. The second-order valence-electron chi connectivity index (χ2n) is 5.75. The normalized spacial score (nSPS) is 15.3. The van der Waals surface area contributed by atoms with Crippen LogP contribution >= 0.6 is 23.2 Å². The van der Waals surface area contributed by atoms with Gasteiger partial charge in [-0.15, -0.1) is 0 Å². The highest BCUT2D eigenvalue weighted by atomic mass is 35.5. The number of aliphatic hydroxyl groups is 1. The Morgan fingerprint density at radius 1 is 1.26 bits per heavy atom. The van der Waals surface area contributed by atoms with Gasteiger partial charge in [-0.05, 0) is 38.0 Å². The average molecular weight is 353 g/mol. The molecule has 0 aliphatic heterocycles. The molecule has 5 nitrogen and oxygen atoms in total. The van der Waals surface area contributed by atoms with Crippen LogP contribution in [0.5, 0.6) is 0 Å². The van der Waals surface area contributed by atoms with E-state index < -0.39 is 0 Å². The zero-order chi connectivity index (χ0) is 16.4. The molecular weight excluding hydrogens is 335 g/mol. The largest absolute Gasteiger partial charge is 0.394 e. The maximum Gasteiger partial charge on any atom is 0.225 e. The molecule has 0 saturated heterocycles. The first-order valence-electron chi connectivity index (χ1n) is 7.53. The molecule has 23 heavy (non-hydrogen) atoms. The van der Waals surface area contributed by atoms with Crippen molar-refractivity contribution >= 4 is 40.7 Å². The first-order valence-corrected chi connectivity index (χ1v) is 8.29. The number of hydrogen-bond donors (Lipinski definition) is 3. The second-order valence-corrected chi connectivity index (χ2v) is 6.60. The Morgan fingerprint density at radius 3 is 2.74 bits per heavy atom. The molecule has 3 rings (SSSR count). The van der Waals surface area contributed by atoms with E-state index in [9.17, 15) is 5.11 Å². The third-order valence-corrected chi connectivity index (χ3v) is 4.15. The molecule has 1 aromatic carbocycles. The monoisotopic (exact) mass is 352 g/mol. The van der Waals surface area contributed by atoms with Crippen molar-refractivity contribution in [3.05, 3.63) is 40.0 Å². The summed E-state index contributed by atoms with van der Waals surface area (Å²) in [6, 6.07) is 7.05. The molecule has 3 N–H and O–H groups in total. The van der Waals surface area contributed by atoms with Gasteiger partial charge in [0.25, 0.3) is 0 Å². The highest BCUT2D eigenvalue weighted by Gasteiger charge is 2.26. The number of anilines is 3. The van der Waals surface area contributed by atoms with Gasteiger partial charge in [0.1, 0.15) is 5.82 Å². The molecule has 1 saturated carbocycles. The van der Waals surface area contributed by atoms with E-state index in [1.54, 1.807) is 18.2 Å². The highest BCUT2D eigenvalue weighted by molar-refractivity contribution is 6.35. The van der Waals surface area contributed by atoms with E-state index in [-0.39, 0.29) is 12.6 Å². The van der Waals surface area contributed by atoms with Crippen molar-refractivity contribution in [1.29, 1.82) is 0 Å². The van der Waals surface area contributed by atoms with E-state index in [0.717, 1.165) is 18.5 Å². The van der Waals surface area contributed by atoms with Crippen molar-refractivity contribution in [1.82, 2.24) is 9.97 Å². The van der Waals surface area contributed by atoms with E-state index in [1.165, 1.54) is 0 Å². The predicted octanol–water partition coefficient (Wildman–Crippen LogP) is 4.20. The lowest BCUT2D eigenvalue weighted by Gasteiger charge is -2.14. The Bertz CT molecular complexity index is 706. The summed E-state index contributed by atoms with van der Waals surface area (Å²) in [7, 11) is 0. The quantitative estimate of drug-likeness (QED) is 0.726. The average Bonchev–Trinajstić information content (AvgIpc) is 3.35. The van der Waals surface area contributed by atoms with Gasteiger partial charge in [-0.25, -0.2) is 4.98 Å². The number of nitrogens with one attached hydrogen (secondary N) is 2. The van der Waals surface area contributed by atoms with Crippen LogP contribution < -0.4 is 10.6 Å². The zero-order valence-electron chi connectivity index (χ0n) is 12.7. The molecule has 1 aromatic heterocycles. The second kappa shape index (κ2) is 6.91. The minimum atomic E-state index is -0.118. The molecule has 1 aliphatic rings. The Labute approximate surface area is 145 Å². The number of benzene rings is 1. The maximum atomic E-state index is 9.19. The molecule has 1 atom stereocenters. The summed E-state index contributed by atoms with van der Waals surface area (Å²) in [6.07, 6.45) is 2.28. The fourth-order valence-electron chi connectivity index (χ4n) is 2.18. The molecule has 0 amide bonds. The van der Waals surface area contributed by atoms with Crippen LogP contribution in [0.3, 0.4) is 0 Å². The van der Waals surface area contributed by atoms with Crippen LogP contribution in [0.2, 0.25) is 10.0 Å². The van der Waals surface area contributed by atoms with Crippen LogP contribution in [0, 0.1) is 0 Å². The van der Waals surface area contributed by atoms with Crippen LogP contribution in [-0.2, 0) is 0 Å². The van der Waals surface area contributed by atoms with Crippen LogP contribution in [0.1, 0.15) is 31.4 Å². The van der Waals surface area contributed by atoms with Gasteiger partial charge in [-0.2, -0.15) is 4.98 Å². The molecule has 1 aliphatic carbocycles. The molecule has 0 spiro atoms. The number of rotatable bonds is 6. The van der Waals surface area contributed by atoms with Crippen LogP contribution in [0.25, 0.3) is 0 Å². The van der Waals surface area contributed by atoms with Gasteiger partial charge < -0.3 is 15.7 Å². The molecule has 0 unspecified atom stereocenters. The Hall–Kier alpha value is -1.56. The highest BCUT2D eigenvalue weighted by Crippen LogP contribution is 2.40. The lowest BCUT2D eigenvalue weighted by molar-refractivity contribution is 0.281. The first kappa shape index (κ1) is 16.3. The molecule has 0 radical (unpaired) electrons. The van der Waals surface area contributed by atoms with Crippen molar-refractivity contribution in [2.45, 2.75) is 31.7 Å². The molecule has 1 fully saturated rings. The SMILES string of the molecule is C[C@@H](CO)Nc1nc(Nc2cc(Cl)ccc2Cl)cc(C2CC2)n1. The number of nitrogens with zero attached hydrogens (tertiary/aromatic N) is 2. The third-order valence-electron chi connectivity index (χ3n) is 3.58. The zero-order valence-corrected chi connectivity index (χ0v) is 14.2. The summed E-state index contributed by atoms with van der Waals surface area (Å²) in [4.78, 5) is 8.98. The Balaban J connectivity index is 1.89. The van der Waals surface area contributed by atoms with Crippen LogP contribution in [-0.4, -0.2) is 27.7 Å². The summed E-state index contributed by atoms with van der Waals surface area (Å²) in [5.41, 5.74) is 1.69. The topological polar surface area (TPSA) is 70.1 Å². The van der Waals surface area contributed by atoms with Crippen molar-refractivity contribution in [2.24, 2.45) is 0 Å². The maximum absolute atomic E-state index is 9.19. The molecule has 122 valence electrons. The van der Waals surface area contributed by atoms with Crippen molar-refractivity contribution < 1.29 is 5.11 Å². The van der Waals surface area contributed by atoms with E-state index in [2.05, 4.69) is 20.6 Å². The minimum absolute atomic E-state index is 0.0138. The summed E-state index contributed by atoms with van der Waals surface area (Å²) in [5, 5.41) is 16.7. The fraction of sp³-hybridized carbons (Fsp3) is 0.375. The van der Waals surface area contributed by atoms with Crippen molar-refractivity contribution in [2.75, 3.05) is 17.2 Å². The summed E-state index contributed by atoms with van der Waals surface area (Å²) >= 11 is 12.2. The summed E-state index contributed by atoms with van der Waals surface area (Å²) < 4.78 is 0. The van der Waals surface area contributed by atoms with Crippen LogP contribution in [0.4, 0.5) is 17.5 Å². The summed E-state index contributed by atoms with van der Waals surface area (Å²) in [6.45, 7) is 1.88. The van der Waals surface area contributed by atoms with Gasteiger partial charge in [-0.3, -0.25) is 0 Å². The number of halogens is 2. The van der Waals surface area contributed by atoms with E-state index >= 15 is 0 Å². The van der Waals surface area contributed by atoms with Crippen LogP contribution in [0.15, 0.2) is 24.3 Å². The molecule has 7 heteroatoms.